The Morgan fingerprint density at radius 3 is 2.35 bits per heavy atom. The van der Waals surface area contributed by atoms with Crippen molar-refractivity contribution in [2.24, 2.45) is 23.7 Å². The summed E-state index contributed by atoms with van der Waals surface area (Å²) in [6, 6.07) is 2.21. The van der Waals surface area contributed by atoms with Gasteiger partial charge in [0.1, 0.15) is 12.3 Å². The molecular weight excluding hydrogens is 252 g/mol. The van der Waals surface area contributed by atoms with E-state index >= 15 is 0 Å². The summed E-state index contributed by atoms with van der Waals surface area (Å²) in [5.74, 6) is 2.77. The van der Waals surface area contributed by atoms with Gasteiger partial charge < -0.3 is 10.1 Å². The number of carbonyl (C=O) groups is 1. The Morgan fingerprint density at radius 1 is 1.25 bits per heavy atom. The molecule has 4 bridgehead atoms. The Bertz CT molecular complexity index is 436. The Labute approximate surface area is 120 Å². The van der Waals surface area contributed by atoms with Gasteiger partial charge in [-0.2, -0.15) is 5.26 Å². The lowest BCUT2D eigenvalue weighted by molar-refractivity contribution is -0.121. The van der Waals surface area contributed by atoms with Gasteiger partial charge >= 0.3 is 0 Å². The molecule has 1 N–H and O–H groups in total. The summed E-state index contributed by atoms with van der Waals surface area (Å²) in [5, 5.41) is 12.2. The van der Waals surface area contributed by atoms with Gasteiger partial charge in [-0.15, -0.1) is 0 Å². The van der Waals surface area contributed by atoms with Crippen LogP contribution < -0.4 is 5.32 Å². The average molecular weight is 274 g/mol. The standard InChI is InChI=1S/C16H22N2O2/c1-2-20-9-14(8-17)16(19)18-15-12-4-10-3-11(6-12)7-13(15)5-10/h9-13,15H,2-7H2,1H3,(H,18,19)/b14-9+. The van der Waals surface area contributed by atoms with Gasteiger partial charge in [0, 0.05) is 6.04 Å². The lowest BCUT2D eigenvalue weighted by Crippen LogP contribution is -2.56. The number of ether oxygens (including phenoxy) is 1. The fourth-order valence-corrected chi connectivity index (χ4v) is 4.69. The third-order valence-corrected chi connectivity index (χ3v) is 5.26. The molecule has 0 saturated heterocycles. The van der Waals surface area contributed by atoms with Crippen molar-refractivity contribution in [1.29, 1.82) is 5.26 Å². The molecule has 0 spiro atoms. The van der Waals surface area contributed by atoms with Crippen LogP contribution in [0, 0.1) is 35.0 Å². The van der Waals surface area contributed by atoms with Gasteiger partial charge in [0.2, 0.25) is 0 Å². The quantitative estimate of drug-likeness (QED) is 0.486. The fourth-order valence-electron chi connectivity index (χ4n) is 4.69. The number of nitriles is 1. The molecule has 20 heavy (non-hydrogen) atoms. The van der Waals surface area contributed by atoms with Crippen molar-refractivity contribution in [3.05, 3.63) is 11.8 Å². The van der Waals surface area contributed by atoms with E-state index in [1.54, 1.807) is 0 Å². The van der Waals surface area contributed by atoms with E-state index in [2.05, 4.69) is 5.32 Å². The number of amides is 1. The smallest absolute Gasteiger partial charge is 0.265 e. The largest absolute Gasteiger partial charge is 0.500 e. The number of hydrogen-bond acceptors (Lipinski definition) is 3. The number of rotatable bonds is 4. The maximum absolute atomic E-state index is 12.2. The van der Waals surface area contributed by atoms with Crippen LogP contribution >= 0.6 is 0 Å². The molecule has 1 amide bonds. The Hall–Kier alpha value is -1.50. The predicted octanol–water partition coefficient (Wildman–Crippen LogP) is 2.37. The zero-order chi connectivity index (χ0) is 14.1. The van der Waals surface area contributed by atoms with E-state index < -0.39 is 0 Å². The number of carbonyl (C=O) groups excluding carboxylic acids is 1. The first-order valence-electron chi connectivity index (χ1n) is 7.74. The molecule has 4 aliphatic carbocycles. The lowest BCUT2D eigenvalue weighted by Gasteiger charge is -2.54. The van der Waals surface area contributed by atoms with Crippen LogP contribution in [0.4, 0.5) is 0 Å². The first kappa shape index (κ1) is 13.5. The van der Waals surface area contributed by atoms with Crippen LogP contribution in [0.2, 0.25) is 0 Å². The summed E-state index contributed by atoms with van der Waals surface area (Å²) in [7, 11) is 0. The Morgan fingerprint density at radius 2 is 1.85 bits per heavy atom. The molecule has 4 aliphatic rings. The van der Waals surface area contributed by atoms with E-state index in [1.807, 2.05) is 13.0 Å². The molecule has 4 saturated carbocycles. The van der Waals surface area contributed by atoms with Crippen LogP contribution in [0.3, 0.4) is 0 Å². The molecule has 4 heteroatoms. The number of nitrogens with zero attached hydrogens (tertiary/aromatic N) is 1. The van der Waals surface area contributed by atoms with E-state index in [9.17, 15) is 4.79 Å². The second-order valence-electron chi connectivity index (χ2n) is 6.53. The molecule has 108 valence electrons. The van der Waals surface area contributed by atoms with E-state index in [-0.39, 0.29) is 17.5 Å². The van der Waals surface area contributed by atoms with Gasteiger partial charge in [0.05, 0.1) is 6.61 Å². The van der Waals surface area contributed by atoms with E-state index in [4.69, 9.17) is 10.00 Å². The summed E-state index contributed by atoms with van der Waals surface area (Å²) in [4.78, 5) is 12.2. The van der Waals surface area contributed by atoms with E-state index in [0.717, 1.165) is 11.8 Å². The summed E-state index contributed by atoms with van der Waals surface area (Å²) < 4.78 is 5.07. The second kappa shape index (κ2) is 5.47. The summed E-state index contributed by atoms with van der Waals surface area (Å²) >= 11 is 0. The van der Waals surface area contributed by atoms with E-state index in [0.29, 0.717) is 18.4 Å². The monoisotopic (exact) mass is 274 g/mol. The van der Waals surface area contributed by atoms with Crippen molar-refractivity contribution in [3.63, 3.8) is 0 Å². The van der Waals surface area contributed by atoms with Gasteiger partial charge in [0.15, 0.2) is 5.57 Å². The molecule has 0 aromatic heterocycles. The minimum Gasteiger partial charge on any atom is -0.500 e. The molecule has 0 heterocycles. The van der Waals surface area contributed by atoms with E-state index in [1.165, 1.54) is 38.4 Å². The summed E-state index contributed by atoms with van der Waals surface area (Å²) in [6.07, 6.45) is 7.72. The maximum Gasteiger partial charge on any atom is 0.265 e. The zero-order valence-corrected chi connectivity index (χ0v) is 12.0. The predicted molar refractivity (Wildman–Crippen MR) is 74.3 cm³/mol. The van der Waals surface area contributed by atoms with Crippen LogP contribution in [0.15, 0.2) is 11.8 Å². The third-order valence-electron chi connectivity index (χ3n) is 5.26. The molecule has 0 unspecified atom stereocenters. The van der Waals surface area contributed by atoms with Crippen molar-refractivity contribution in [3.8, 4) is 6.07 Å². The van der Waals surface area contributed by atoms with Crippen LogP contribution in [0.5, 0.6) is 0 Å². The van der Waals surface area contributed by atoms with Crippen molar-refractivity contribution >= 4 is 5.91 Å². The zero-order valence-electron chi connectivity index (χ0n) is 12.0. The molecule has 0 aliphatic heterocycles. The molecule has 4 fully saturated rings. The van der Waals surface area contributed by atoms with Gasteiger partial charge in [-0.1, -0.05) is 0 Å². The third kappa shape index (κ3) is 2.42. The highest BCUT2D eigenvalue weighted by molar-refractivity contribution is 5.97. The fraction of sp³-hybridized carbons (Fsp3) is 0.750. The topological polar surface area (TPSA) is 62.1 Å². The van der Waals surface area contributed by atoms with Crippen LogP contribution in [0.1, 0.15) is 39.0 Å². The molecule has 0 aromatic carbocycles. The minimum atomic E-state index is -0.265. The van der Waals surface area contributed by atoms with Crippen molar-refractivity contribution in [2.45, 2.75) is 45.1 Å². The normalized spacial score (nSPS) is 38.4. The SMILES string of the molecule is CCO/C=C(\C#N)C(=O)NC1C2CC3CC(C2)CC1C3. The van der Waals surface area contributed by atoms with Crippen molar-refractivity contribution < 1.29 is 9.53 Å². The van der Waals surface area contributed by atoms with Gasteiger partial charge in [-0.3, -0.25) is 4.79 Å². The highest BCUT2D eigenvalue weighted by Crippen LogP contribution is 2.53. The van der Waals surface area contributed by atoms with Gasteiger partial charge in [0.25, 0.3) is 5.91 Å². The average Bonchev–Trinajstić information content (AvgIpc) is 2.43. The van der Waals surface area contributed by atoms with Gasteiger partial charge in [-0.05, 0) is 62.7 Å². The first-order valence-corrected chi connectivity index (χ1v) is 7.74. The number of nitrogens with one attached hydrogen (secondary N) is 1. The van der Waals surface area contributed by atoms with Crippen LogP contribution in [0.25, 0.3) is 0 Å². The molecule has 4 nitrogen and oxygen atoms in total. The minimum absolute atomic E-state index is 0.0839. The van der Waals surface area contributed by atoms with Crippen LogP contribution in [-0.2, 0) is 9.53 Å². The molecule has 4 rings (SSSR count). The van der Waals surface area contributed by atoms with Crippen LogP contribution in [-0.4, -0.2) is 18.6 Å². The first-order chi connectivity index (χ1) is 9.71. The molecule has 0 aromatic rings. The Balaban J connectivity index is 1.66. The summed E-state index contributed by atoms with van der Waals surface area (Å²) in [5.41, 5.74) is 0.0839. The molecule has 0 atom stereocenters. The lowest BCUT2D eigenvalue weighted by atomic mass is 9.54. The van der Waals surface area contributed by atoms with Crippen molar-refractivity contribution in [2.75, 3.05) is 6.61 Å². The highest BCUT2D eigenvalue weighted by Gasteiger charge is 2.48. The highest BCUT2D eigenvalue weighted by atomic mass is 16.5. The maximum atomic E-state index is 12.2. The molecular formula is C16H22N2O2. The second-order valence-corrected chi connectivity index (χ2v) is 6.53. The van der Waals surface area contributed by atoms with Gasteiger partial charge in [-0.25, -0.2) is 0 Å². The molecule has 0 radical (unpaired) electrons. The van der Waals surface area contributed by atoms with Crippen molar-refractivity contribution in [1.82, 2.24) is 5.32 Å². The Kier molecular flexibility index (Phi) is 3.69. The summed E-state index contributed by atoms with van der Waals surface area (Å²) in [6.45, 7) is 2.30. The number of hydrogen-bond donors (Lipinski definition) is 1.